The fourth-order valence-electron chi connectivity index (χ4n) is 3.39. The van der Waals surface area contributed by atoms with Crippen molar-refractivity contribution in [1.82, 2.24) is 10.5 Å². The van der Waals surface area contributed by atoms with E-state index in [0.29, 0.717) is 22.6 Å². The topological polar surface area (TPSA) is 127 Å². The molecular weight excluding hydrogens is 465 g/mol. The molecule has 34 heavy (non-hydrogen) atoms. The zero-order valence-corrected chi connectivity index (χ0v) is 19.4. The first kappa shape index (κ1) is 25.2. The summed E-state index contributed by atoms with van der Waals surface area (Å²) >= 11 is 5.99. The third-order valence-electron chi connectivity index (χ3n) is 4.95. The van der Waals surface area contributed by atoms with Crippen molar-refractivity contribution < 1.29 is 23.2 Å². The lowest BCUT2D eigenvalue weighted by molar-refractivity contribution is -0.149. The number of benzene rings is 2. The van der Waals surface area contributed by atoms with Gasteiger partial charge in [-0.25, -0.2) is 4.39 Å². The minimum absolute atomic E-state index is 0.0800. The molecule has 0 spiro atoms. The van der Waals surface area contributed by atoms with Crippen molar-refractivity contribution in [3.05, 3.63) is 81.0 Å². The van der Waals surface area contributed by atoms with Gasteiger partial charge >= 0.3 is 5.97 Å². The summed E-state index contributed by atoms with van der Waals surface area (Å²) in [4.78, 5) is 36.0. The molecule has 180 valence electrons. The Morgan fingerprint density at radius 3 is 2.50 bits per heavy atom. The lowest BCUT2D eigenvalue weighted by atomic mass is 9.97. The zero-order chi connectivity index (χ0) is 24.8. The van der Waals surface area contributed by atoms with Crippen LogP contribution in [0, 0.1) is 5.82 Å². The smallest absolute Gasteiger partial charge is 0.323 e. The molecule has 0 aliphatic heterocycles. The van der Waals surface area contributed by atoms with Crippen molar-refractivity contribution >= 4 is 23.5 Å². The Labute approximate surface area is 200 Å². The molecule has 3 aromatic rings. The van der Waals surface area contributed by atoms with Gasteiger partial charge in [-0.2, -0.15) is 5.16 Å². The maximum Gasteiger partial charge on any atom is 0.323 e. The van der Waals surface area contributed by atoms with Crippen LogP contribution in [0.1, 0.15) is 36.4 Å². The molecule has 1 aromatic heterocycles. The standard InChI is InChI=1S/C24H25ClFN3O5/c1-13(2)33-24(32)20(27)11-17(28-23(31)21-12-22(30)29-34-21)9-14-3-5-15(6-4-14)18-10-16(25)7-8-19(18)26/h3-8,10,12-13,17,20H,9,11,27H2,1-2H3,(H,28,31)(H,29,30)/t17-,20-/m1/s1. The van der Waals surface area contributed by atoms with Crippen LogP contribution in [0.15, 0.2) is 57.8 Å². The summed E-state index contributed by atoms with van der Waals surface area (Å²) in [6, 6.07) is 10.8. The van der Waals surface area contributed by atoms with E-state index in [2.05, 4.69) is 10.5 Å². The van der Waals surface area contributed by atoms with Gasteiger partial charge in [0.2, 0.25) is 5.76 Å². The third-order valence-corrected chi connectivity index (χ3v) is 5.19. The Kier molecular flexibility index (Phi) is 8.25. The highest BCUT2D eigenvalue weighted by Crippen LogP contribution is 2.26. The van der Waals surface area contributed by atoms with E-state index < -0.39 is 35.3 Å². The molecule has 0 saturated carbocycles. The van der Waals surface area contributed by atoms with Crippen LogP contribution in [0.2, 0.25) is 5.02 Å². The van der Waals surface area contributed by atoms with Crippen molar-refractivity contribution in [2.24, 2.45) is 5.73 Å². The van der Waals surface area contributed by atoms with Gasteiger partial charge in [0.05, 0.1) is 12.2 Å². The number of esters is 1. The fourth-order valence-corrected chi connectivity index (χ4v) is 3.56. The molecule has 8 nitrogen and oxygen atoms in total. The molecule has 2 atom stereocenters. The maximum absolute atomic E-state index is 14.2. The molecule has 2 aromatic carbocycles. The summed E-state index contributed by atoms with van der Waals surface area (Å²) in [6.45, 7) is 3.42. The van der Waals surface area contributed by atoms with Crippen LogP contribution < -0.4 is 16.6 Å². The molecular formula is C24H25ClFN3O5. The number of hydrogen-bond acceptors (Lipinski definition) is 6. The van der Waals surface area contributed by atoms with E-state index in [9.17, 15) is 18.8 Å². The van der Waals surface area contributed by atoms with Crippen molar-refractivity contribution in [3.63, 3.8) is 0 Å². The lowest BCUT2D eigenvalue weighted by Gasteiger charge is -2.22. The number of carbonyl (C=O) groups excluding carboxylic acids is 2. The SMILES string of the molecule is CC(C)OC(=O)[C@H](N)C[C@@H](Cc1ccc(-c2cc(Cl)ccc2F)cc1)NC(=O)c1cc(=O)[nH]o1. The number of halogens is 2. The predicted molar refractivity (Wildman–Crippen MR) is 125 cm³/mol. The minimum Gasteiger partial charge on any atom is -0.462 e. The van der Waals surface area contributed by atoms with Crippen LogP contribution in [-0.4, -0.2) is 35.2 Å². The molecule has 0 radical (unpaired) electrons. The highest BCUT2D eigenvalue weighted by Gasteiger charge is 2.25. The molecule has 0 saturated heterocycles. The summed E-state index contributed by atoms with van der Waals surface area (Å²) in [7, 11) is 0. The van der Waals surface area contributed by atoms with Crippen LogP contribution >= 0.6 is 11.6 Å². The predicted octanol–water partition coefficient (Wildman–Crippen LogP) is 3.44. The Hall–Kier alpha value is -3.43. The number of H-pyrrole nitrogens is 1. The van der Waals surface area contributed by atoms with E-state index in [0.717, 1.165) is 11.6 Å². The van der Waals surface area contributed by atoms with Crippen LogP contribution in [0.3, 0.4) is 0 Å². The Bertz CT molecular complexity index is 1210. The van der Waals surface area contributed by atoms with E-state index in [1.165, 1.54) is 12.1 Å². The lowest BCUT2D eigenvalue weighted by Crippen LogP contribution is -2.44. The summed E-state index contributed by atoms with van der Waals surface area (Å²) in [5, 5.41) is 5.21. The van der Waals surface area contributed by atoms with Gasteiger partial charge in [-0.15, -0.1) is 0 Å². The Morgan fingerprint density at radius 2 is 1.88 bits per heavy atom. The number of amides is 1. The summed E-state index contributed by atoms with van der Waals surface area (Å²) in [5.74, 6) is -1.82. The average Bonchev–Trinajstić information content (AvgIpc) is 3.22. The quantitative estimate of drug-likeness (QED) is 0.395. The number of nitrogens with one attached hydrogen (secondary N) is 2. The minimum atomic E-state index is -0.981. The van der Waals surface area contributed by atoms with Crippen LogP contribution in [0.25, 0.3) is 11.1 Å². The molecule has 10 heteroatoms. The van der Waals surface area contributed by atoms with Gasteiger partial charge in [-0.1, -0.05) is 35.9 Å². The second kappa shape index (κ2) is 11.1. The largest absolute Gasteiger partial charge is 0.462 e. The number of ether oxygens (including phenoxy) is 1. The molecule has 4 N–H and O–H groups in total. The zero-order valence-electron chi connectivity index (χ0n) is 18.6. The van der Waals surface area contributed by atoms with Gasteiger partial charge in [0.25, 0.3) is 11.5 Å². The number of carbonyl (C=O) groups is 2. The molecule has 3 rings (SSSR count). The normalized spacial score (nSPS) is 12.9. The molecule has 0 aliphatic carbocycles. The molecule has 0 bridgehead atoms. The Morgan fingerprint density at radius 1 is 1.18 bits per heavy atom. The van der Waals surface area contributed by atoms with Crippen LogP contribution in [0.4, 0.5) is 4.39 Å². The van der Waals surface area contributed by atoms with Crippen LogP contribution in [0.5, 0.6) is 0 Å². The van der Waals surface area contributed by atoms with E-state index >= 15 is 0 Å². The van der Waals surface area contributed by atoms with Gasteiger partial charge in [-0.3, -0.25) is 14.4 Å². The highest BCUT2D eigenvalue weighted by atomic mass is 35.5. The van der Waals surface area contributed by atoms with Gasteiger partial charge in [-0.05, 0) is 56.0 Å². The van der Waals surface area contributed by atoms with Crippen molar-refractivity contribution in [2.75, 3.05) is 0 Å². The summed E-state index contributed by atoms with van der Waals surface area (Å²) in [5.41, 5.74) is 7.26. The molecule has 0 unspecified atom stereocenters. The summed E-state index contributed by atoms with van der Waals surface area (Å²) in [6.07, 6.45) is 0.0537. The number of hydrogen-bond donors (Lipinski definition) is 3. The second-order valence-corrected chi connectivity index (χ2v) is 8.54. The number of aromatic nitrogens is 1. The van der Waals surface area contributed by atoms with Gasteiger partial charge in [0.15, 0.2) is 0 Å². The van der Waals surface area contributed by atoms with Crippen molar-refractivity contribution in [1.29, 1.82) is 0 Å². The van der Waals surface area contributed by atoms with E-state index in [1.807, 2.05) is 0 Å². The third kappa shape index (κ3) is 6.79. The number of rotatable bonds is 9. The van der Waals surface area contributed by atoms with Gasteiger partial charge in [0.1, 0.15) is 11.9 Å². The summed E-state index contributed by atoms with van der Waals surface area (Å²) < 4.78 is 24.2. The van der Waals surface area contributed by atoms with Crippen molar-refractivity contribution in [3.8, 4) is 11.1 Å². The van der Waals surface area contributed by atoms with Gasteiger partial charge in [0, 0.05) is 16.6 Å². The molecule has 1 amide bonds. The maximum atomic E-state index is 14.2. The molecule has 1 heterocycles. The highest BCUT2D eigenvalue weighted by molar-refractivity contribution is 6.30. The van der Waals surface area contributed by atoms with E-state index in [4.69, 9.17) is 26.6 Å². The number of aromatic amines is 1. The Balaban J connectivity index is 1.78. The number of nitrogens with two attached hydrogens (primary N) is 1. The van der Waals surface area contributed by atoms with E-state index in [1.54, 1.807) is 44.2 Å². The van der Waals surface area contributed by atoms with Gasteiger partial charge < -0.3 is 20.3 Å². The first-order valence-electron chi connectivity index (χ1n) is 10.6. The van der Waals surface area contributed by atoms with E-state index in [-0.39, 0.29) is 18.3 Å². The fraction of sp³-hybridized carbons (Fsp3) is 0.292. The first-order valence-corrected chi connectivity index (χ1v) is 11.0. The molecule has 0 aliphatic rings. The van der Waals surface area contributed by atoms with Crippen molar-refractivity contribution in [2.45, 2.75) is 44.9 Å². The van der Waals surface area contributed by atoms with Crippen LogP contribution in [-0.2, 0) is 16.0 Å². The average molecular weight is 490 g/mol. The monoisotopic (exact) mass is 489 g/mol. The molecule has 0 fully saturated rings. The first-order chi connectivity index (χ1) is 16.1. The second-order valence-electron chi connectivity index (χ2n) is 8.10.